The van der Waals surface area contributed by atoms with Gasteiger partial charge in [-0.3, -0.25) is 4.79 Å². The summed E-state index contributed by atoms with van der Waals surface area (Å²) < 4.78 is 0. The number of nitrogens with two attached hydrogens (primary N) is 1. The van der Waals surface area contributed by atoms with Gasteiger partial charge in [0.2, 0.25) is 0 Å². The number of carboxylic acids is 1. The third-order valence-corrected chi connectivity index (χ3v) is 3.16. The van der Waals surface area contributed by atoms with Crippen molar-refractivity contribution >= 4 is 23.8 Å². The van der Waals surface area contributed by atoms with Crippen LogP contribution in [0.3, 0.4) is 0 Å². The first-order valence-corrected chi connectivity index (χ1v) is 7.31. The van der Waals surface area contributed by atoms with E-state index in [0.29, 0.717) is 6.42 Å². The number of carbonyl (C=O) groups is 2. The van der Waals surface area contributed by atoms with Crippen LogP contribution in [0.4, 0.5) is 4.79 Å². The van der Waals surface area contributed by atoms with Crippen molar-refractivity contribution in [3.8, 4) is 0 Å². The molecule has 0 aromatic heterocycles. The zero-order valence-electron chi connectivity index (χ0n) is 11.2. The summed E-state index contributed by atoms with van der Waals surface area (Å²) in [5.41, 5.74) is 5.19. The number of carbonyl (C=O) groups excluding carboxylic acids is 1. The van der Waals surface area contributed by atoms with Gasteiger partial charge >= 0.3 is 12.0 Å². The van der Waals surface area contributed by atoms with Crippen LogP contribution in [0.5, 0.6) is 0 Å². The first-order valence-electron chi connectivity index (χ1n) is 5.91. The van der Waals surface area contributed by atoms with Crippen molar-refractivity contribution in [2.45, 2.75) is 44.8 Å². The number of unbranched alkanes of at least 4 members (excludes halogenated alkanes) is 1. The Balaban J connectivity index is 0.000000360. The van der Waals surface area contributed by atoms with E-state index < -0.39 is 11.6 Å². The molecule has 5 N–H and O–H groups in total. The predicted molar refractivity (Wildman–Crippen MR) is 73.6 cm³/mol. The maximum atomic E-state index is 10.8. The molecule has 0 radical (unpaired) electrons. The number of thioether (sulfide) groups is 1. The highest BCUT2D eigenvalue weighted by molar-refractivity contribution is 7.98. The van der Waals surface area contributed by atoms with Gasteiger partial charge in [0.05, 0.1) is 6.04 Å². The molecule has 1 aliphatic rings. The van der Waals surface area contributed by atoms with Crippen molar-refractivity contribution in [1.29, 1.82) is 0 Å². The van der Waals surface area contributed by atoms with Crippen molar-refractivity contribution in [3.63, 3.8) is 0 Å². The number of aliphatic carboxylic acids is 1. The molecule has 0 spiro atoms. The molecule has 2 amide bonds. The number of nitrogens with one attached hydrogen (secondary N) is 2. The Morgan fingerprint density at radius 3 is 2.50 bits per heavy atom. The van der Waals surface area contributed by atoms with Crippen molar-refractivity contribution < 1.29 is 14.7 Å². The highest BCUT2D eigenvalue weighted by Gasteiger charge is 2.38. The van der Waals surface area contributed by atoms with Crippen molar-refractivity contribution in [2.24, 2.45) is 5.73 Å². The van der Waals surface area contributed by atoms with Crippen LogP contribution >= 0.6 is 11.8 Å². The van der Waals surface area contributed by atoms with Gasteiger partial charge in [0.15, 0.2) is 0 Å². The standard InChI is InChI=1S/C6H13N3OS.C5H10O2/c1-6(7)4(3-11-2)8-5(10)9-6;1-2-3-4-5(6)7/h4H,3,7H2,1-2H3,(H2,8,9,10);2-4H2,1H3,(H,6,7). The smallest absolute Gasteiger partial charge is 0.316 e. The van der Waals surface area contributed by atoms with Gasteiger partial charge in [0, 0.05) is 12.2 Å². The molecule has 6 nitrogen and oxygen atoms in total. The summed E-state index contributed by atoms with van der Waals surface area (Å²) in [7, 11) is 0. The van der Waals surface area contributed by atoms with E-state index in [9.17, 15) is 9.59 Å². The zero-order valence-corrected chi connectivity index (χ0v) is 12.0. The second-order valence-electron chi connectivity index (χ2n) is 4.39. The molecule has 1 fully saturated rings. The summed E-state index contributed by atoms with van der Waals surface area (Å²) in [6, 6.07) is -0.140. The van der Waals surface area contributed by atoms with Gasteiger partial charge in [-0.15, -0.1) is 0 Å². The fraction of sp³-hybridized carbons (Fsp3) is 0.818. The van der Waals surface area contributed by atoms with E-state index >= 15 is 0 Å². The molecule has 0 saturated carbocycles. The summed E-state index contributed by atoms with van der Waals surface area (Å²) in [5, 5.41) is 13.4. The van der Waals surface area contributed by atoms with E-state index in [2.05, 4.69) is 10.6 Å². The van der Waals surface area contributed by atoms with E-state index in [1.54, 1.807) is 11.8 Å². The van der Waals surface area contributed by atoms with Crippen LogP contribution in [0.2, 0.25) is 0 Å². The summed E-state index contributed by atoms with van der Waals surface area (Å²) in [6.07, 6.45) is 4.07. The van der Waals surface area contributed by atoms with Gasteiger partial charge in [-0.25, -0.2) is 4.79 Å². The second-order valence-corrected chi connectivity index (χ2v) is 5.30. The maximum absolute atomic E-state index is 10.8. The summed E-state index contributed by atoms with van der Waals surface area (Å²) in [6.45, 7) is 3.79. The average Bonchev–Trinajstić information content (AvgIpc) is 2.50. The minimum atomic E-state index is -0.693. The van der Waals surface area contributed by atoms with Crippen LogP contribution in [0, 0.1) is 0 Å². The first kappa shape index (κ1) is 17.1. The molecule has 1 heterocycles. The van der Waals surface area contributed by atoms with Gasteiger partial charge in [0.1, 0.15) is 5.66 Å². The molecule has 1 rings (SSSR count). The van der Waals surface area contributed by atoms with E-state index in [0.717, 1.165) is 18.6 Å². The summed E-state index contributed by atoms with van der Waals surface area (Å²) >= 11 is 1.67. The van der Waals surface area contributed by atoms with E-state index in [4.69, 9.17) is 10.8 Å². The summed E-state index contributed by atoms with van der Waals surface area (Å²) in [4.78, 5) is 20.6. The van der Waals surface area contributed by atoms with Crippen molar-refractivity contribution in [3.05, 3.63) is 0 Å². The number of hydrogen-bond acceptors (Lipinski definition) is 4. The highest BCUT2D eigenvalue weighted by atomic mass is 32.2. The van der Waals surface area contributed by atoms with Crippen LogP contribution in [0.15, 0.2) is 0 Å². The SMILES string of the molecule is CCCCC(=O)O.CSCC1NC(=O)NC1(C)N. The van der Waals surface area contributed by atoms with Crippen LogP contribution in [-0.4, -0.2) is 40.8 Å². The molecular formula is C11H23N3O3S. The monoisotopic (exact) mass is 277 g/mol. The Morgan fingerprint density at radius 2 is 2.22 bits per heavy atom. The lowest BCUT2D eigenvalue weighted by atomic mass is 10.1. The van der Waals surface area contributed by atoms with Crippen LogP contribution in [0.1, 0.15) is 33.1 Å². The molecule has 0 aliphatic carbocycles. The molecule has 2 unspecified atom stereocenters. The molecule has 1 aliphatic heterocycles. The zero-order chi connectivity index (χ0) is 14.2. The molecular weight excluding hydrogens is 254 g/mol. The number of urea groups is 1. The second kappa shape index (κ2) is 8.20. The minimum Gasteiger partial charge on any atom is -0.481 e. The number of carboxylic acid groups (broad SMARTS) is 1. The normalized spacial score (nSPS) is 25.8. The van der Waals surface area contributed by atoms with E-state index in [-0.39, 0.29) is 12.1 Å². The number of rotatable bonds is 5. The van der Waals surface area contributed by atoms with Gasteiger partial charge < -0.3 is 21.5 Å². The molecule has 0 aromatic carbocycles. The Labute approximate surface area is 112 Å². The van der Waals surface area contributed by atoms with Crippen LogP contribution < -0.4 is 16.4 Å². The minimum absolute atomic E-state index is 0.0324. The average molecular weight is 277 g/mol. The van der Waals surface area contributed by atoms with Crippen LogP contribution in [-0.2, 0) is 4.79 Å². The lowest BCUT2D eigenvalue weighted by Gasteiger charge is -2.24. The predicted octanol–water partition coefficient (Wildman–Crippen LogP) is 0.967. The van der Waals surface area contributed by atoms with Crippen LogP contribution in [0.25, 0.3) is 0 Å². The Morgan fingerprint density at radius 1 is 1.61 bits per heavy atom. The van der Waals surface area contributed by atoms with E-state index in [1.807, 2.05) is 20.1 Å². The topological polar surface area (TPSA) is 104 Å². The Kier molecular flexibility index (Phi) is 7.77. The molecule has 2 atom stereocenters. The Bertz CT molecular complexity index is 285. The lowest BCUT2D eigenvalue weighted by Crippen LogP contribution is -2.55. The molecule has 106 valence electrons. The van der Waals surface area contributed by atoms with Gasteiger partial charge in [-0.1, -0.05) is 13.3 Å². The van der Waals surface area contributed by atoms with Crippen molar-refractivity contribution in [2.75, 3.05) is 12.0 Å². The largest absolute Gasteiger partial charge is 0.481 e. The van der Waals surface area contributed by atoms with Gasteiger partial charge in [-0.2, -0.15) is 11.8 Å². The van der Waals surface area contributed by atoms with Crippen molar-refractivity contribution in [1.82, 2.24) is 10.6 Å². The molecule has 0 bridgehead atoms. The molecule has 1 saturated heterocycles. The van der Waals surface area contributed by atoms with Gasteiger partial charge in [-0.05, 0) is 19.6 Å². The molecule has 0 aromatic rings. The molecule has 18 heavy (non-hydrogen) atoms. The fourth-order valence-corrected chi connectivity index (χ4v) is 2.15. The number of hydrogen-bond donors (Lipinski definition) is 4. The lowest BCUT2D eigenvalue weighted by molar-refractivity contribution is -0.137. The highest BCUT2D eigenvalue weighted by Crippen LogP contribution is 2.12. The first-order chi connectivity index (χ1) is 8.33. The Hall–Kier alpha value is -0.950. The maximum Gasteiger partial charge on any atom is 0.316 e. The van der Waals surface area contributed by atoms with E-state index in [1.165, 1.54) is 0 Å². The fourth-order valence-electron chi connectivity index (χ4n) is 1.39. The third kappa shape index (κ3) is 6.70. The number of amides is 2. The third-order valence-electron chi connectivity index (χ3n) is 2.49. The molecule has 7 heteroatoms. The van der Waals surface area contributed by atoms with Gasteiger partial charge in [0.25, 0.3) is 0 Å². The quantitative estimate of drug-likeness (QED) is 0.599. The summed E-state index contributed by atoms with van der Waals surface area (Å²) in [5.74, 6) is 0.146.